The fourth-order valence-electron chi connectivity index (χ4n) is 3.56. The first-order valence-corrected chi connectivity index (χ1v) is 11.3. The molecule has 0 N–H and O–H groups in total. The van der Waals surface area contributed by atoms with Crippen molar-refractivity contribution in [3.05, 3.63) is 71.8 Å². The van der Waals surface area contributed by atoms with E-state index in [0.29, 0.717) is 0 Å². The second kappa shape index (κ2) is 13.7. The van der Waals surface area contributed by atoms with Crippen LogP contribution in [0, 0.1) is 0 Å². The minimum Gasteiger partial charge on any atom is -1.00 e. The molecule has 0 fully saturated rings. The number of rotatable bonds is 4. The van der Waals surface area contributed by atoms with Crippen molar-refractivity contribution in [3.63, 3.8) is 0 Å². The van der Waals surface area contributed by atoms with Crippen LogP contribution in [0.3, 0.4) is 0 Å². The van der Waals surface area contributed by atoms with Gasteiger partial charge in [-0.2, -0.15) is 0 Å². The molecule has 0 aromatic heterocycles. The SMILES string of the molecule is CN(C)CCC1=CCC(c2cccc3c2[cH-]c2ccccc23)=C1.C[Si]C.[Cl-].[Cl-].[Zr+3]. The Bertz CT molecular complexity index is 960. The molecule has 151 valence electrons. The molecule has 1 aliphatic rings. The summed E-state index contributed by atoms with van der Waals surface area (Å²) < 4.78 is 0. The molecule has 0 atom stereocenters. The van der Waals surface area contributed by atoms with E-state index in [1.54, 1.807) is 0 Å². The Morgan fingerprint density at radius 3 is 2.31 bits per heavy atom. The Morgan fingerprint density at radius 1 is 0.966 bits per heavy atom. The fourth-order valence-corrected chi connectivity index (χ4v) is 3.56. The summed E-state index contributed by atoms with van der Waals surface area (Å²) in [5, 5.41) is 5.47. The zero-order valence-corrected chi connectivity index (χ0v) is 22.6. The Kier molecular flexibility index (Phi) is 13.4. The summed E-state index contributed by atoms with van der Waals surface area (Å²) in [6.45, 7) is 5.42. The number of benzene rings is 2. The van der Waals surface area contributed by atoms with Gasteiger partial charge in [0.1, 0.15) is 0 Å². The third-order valence-electron chi connectivity index (χ3n) is 4.79. The molecular weight excluding hydrogens is 492 g/mol. The van der Waals surface area contributed by atoms with Gasteiger partial charge in [-0.05, 0) is 26.9 Å². The minimum absolute atomic E-state index is 0. The van der Waals surface area contributed by atoms with Crippen LogP contribution in [-0.4, -0.2) is 35.1 Å². The first-order chi connectivity index (χ1) is 12.6. The molecule has 29 heavy (non-hydrogen) atoms. The first-order valence-electron chi connectivity index (χ1n) is 9.34. The first kappa shape index (κ1) is 28.4. The van der Waals surface area contributed by atoms with E-state index in [2.05, 4.69) is 92.8 Å². The monoisotopic (exact) mass is 518 g/mol. The maximum absolute atomic E-state index is 2.40. The van der Waals surface area contributed by atoms with Gasteiger partial charge >= 0.3 is 26.2 Å². The Labute approximate surface area is 209 Å². The molecule has 0 amide bonds. The van der Waals surface area contributed by atoms with Crippen LogP contribution in [0.1, 0.15) is 18.4 Å². The van der Waals surface area contributed by atoms with Crippen LogP contribution < -0.4 is 24.8 Å². The molecule has 5 heteroatoms. The molecule has 1 aliphatic carbocycles. The van der Waals surface area contributed by atoms with E-state index < -0.39 is 0 Å². The van der Waals surface area contributed by atoms with Crippen LogP contribution in [0.5, 0.6) is 0 Å². The van der Waals surface area contributed by atoms with Gasteiger partial charge in [-0.25, -0.2) is 0 Å². The molecular formula is C24H28Cl2NSiZr. The number of hydrogen-bond acceptors (Lipinski definition) is 1. The van der Waals surface area contributed by atoms with E-state index in [1.807, 2.05) is 0 Å². The van der Waals surface area contributed by atoms with Crippen molar-refractivity contribution >= 4 is 36.6 Å². The van der Waals surface area contributed by atoms with Gasteiger partial charge in [-0.1, -0.05) is 78.4 Å². The average molecular weight is 521 g/mol. The van der Waals surface area contributed by atoms with E-state index in [4.69, 9.17) is 0 Å². The molecule has 0 aliphatic heterocycles. The van der Waals surface area contributed by atoms with Crippen molar-refractivity contribution < 1.29 is 51.0 Å². The third kappa shape index (κ3) is 6.97. The second-order valence-electron chi connectivity index (χ2n) is 7.20. The van der Waals surface area contributed by atoms with Gasteiger partial charge in [0, 0.05) is 16.1 Å². The molecule has 0 unspecified atom stereocenters. The quantitative estimate of drug-likeness (QED) is 0.350. The maximum atomic E-state index is 2.40. The van der Waals surface area contributed by atoms with Crippen LogP contribution >= 0.6 is 0 Å². The van der Waals surface area contributed by atoms with Crippen molar-refractivity contribution in [1.29, 1.82) is 0 Å². The predicted molar refractivity (Wildman–Crippen MR) is 118 cm³/mol. The summed E-state index contributed by atoms with van der Waals surface area (Å²) in [7, 11) is 5.35. The fraction of sp³-hybridized carbons (Fsp3) is 0.292. The van der Waals surface area contributed by atoms with Crippen molar-refractivity contribution in [2.45, 2.75) is 25.9 Å². The summed E-state index contributed by atoms with van der Waals surface area (Å²) in [4.78, 5) is 2.25. The second-order valence-corrected chi connectivity index (χ2v) is 8.20. The molecule has 0 spiro atoms. The van der Waals surface area contributed by atoms with Crippen LogP contribution in [0.25, 0.3) is 27.1 Å². The van der Waals surface area contributed by atoms with Crippen molar-refractivity contribution in [3.8, 4) is 0 Å². The number of halogens is 2. The summed E-state index contributed by atoms with van der Waals surface area (Å²) >= 11 is 0. The average Bonchev–Trinajstić information content (AvgIpc) is 3.25. The third-order valence-corrected chi connectivity index (χ3v) is 4.79. The van der Waals surface area contributed by atoms with Crippen LogP contribution in [0.4, 0.5) is 0 Å². The van der Waals surface area contributed by atoms with Crippen molar-refractivity contribution in [2.24, 2.45) is 0 Å². The Hall–Kier alpha value is -0.570. The van der Waals surface area contributed by atoms with Gasteiger partial charge in [-0.15, -0.1) is 33.7 Å². The summed E-state index contributed by atoms with van der Waals surface area (Å²) in [5.74, 6) is 0. The molecule has 1 nitrogen and oxygen atoms in total. The normalized spacial score (nSPS) is 12.3. The molecule has 3 aromatic rings. The van der Waals surface area contributed by atoms with Crippen LogP contribution in [0.15, 0.2) is 66.3 Å². The summed E-state index contributed by atoms with van der Waals surface area (Å²) in [6, 6.07) is 17.8. The summed E-state index contributed by atoms with van der Waals surface area (Å²) in [6.07, 6.45) is 6.98. The topological polar surface area (TPSA) is 3.24 Å². The molecule has 3 aromatic carbocycles. The molecule has 0 bridgehead atoms. The van der Waals surface area contributed by atoms with Gasteiger partial charge in [0.05, 0.1) is 0 Å². The van der Waals surface area contributed by atoms with E-state index in [-0.39, 0.29) is 51.0 Å². The largest absolute Gasteiger partial charge is 3.00 e. The Balaban J connectivity index is 0.00000123. The van der Waals surface area contributed by atoms with Gasteiger partial charge < -0.3 is 29.7 Å². The predicted octanol–water partition coefficient (Wildman–Crippen LogP) is 0.169. The number of allylic oxidation sites excluding steroid dienone is 3. The molecule has 3 radical (unpaired) electrons. The van der Waals surface area contributed by atoms with Crippen LogP contribution in [0.2, 0.25) is 13.1 Å². The maximum Gasteiger partial charge on any atom is 3.00 e. The Morgan fingerprint density at radius 2 is 1.62 bits per heavy atom. The number of fused-ring (bicyclic) bond motifs is 3. The number of nitrogens with zero attached hydrogens (tertiary/aromatic N) is 1. The van der Waals surface area contributed by atoms with Crippen molar-refractivity contribution in [2.75, 3.05) is 20.6 Å². The summed E-state index contributed by atoms with van der Waals surface area (Å²) in [5.41, 5.74) is 4.33. The van der Waals surface area contributed by atoms with Gasteiger partial charge in [-0.3, -0.25) is 0 Å². The van der Waals surface area contributed by atoms with Crippen molar-refractivity contribution in [1.82, 2.24) is 4.90 Å². The standard InChI is InChI=1S/C22H22N.C2H6Si.2ClH.Zr/c1-23(2)13-12-16-10-11-18(14-16)20-8-5-9-21-19-7-4-3-6-17(19)15-22(20)21;1-3-2;;;/h3-10,14-15H,11-13H2,1-2H3;1-2H3;2*1H;/q-1;;;;+3/p-2. The zero-order chi connectivity index (χ0) is 18.5. The smallest absolute Gasteiger partial charge is 1.00 e. The molecule has 0 heterocycles. The van der Waals surface area contributed by atoms with E-state index in [9.17, 15) is 0 Å². The van der Waals surface area contributed by atoms with E-state index in [0.717, 1.165) is 28.9 Å². The van der Waals surface area contributed by atoms with Crippen LogP contribution in [-0.2, 0) is 26.2 Å². The van der Waals surface area contributed by atoms with Gasteiger partial charge in [0.2, 0.25) is 0 Å². The van der Waals surface area contributed by atoms with Gasteiger partial charge in [0.15, 0.2) is 0 Å². The zero-order valence-electron chi connectivity index (χ0n) is 17.6. The van der Waals surface area contributed by atoms with Gasteiger partial charge in [0.25, 0.3) is 0 Å². The minimum atomic E-state index is 0. The number of hydrogen-bond donors (Lipinski definition) is 0. The molecule has 0 saturated carbocycles. The molecule has 4 rings (SSSR count). The van der Waals surface area contributed by atoms with E-state index >= 15 is 0 Å². The van der Waals surface area contributed by atoms with E-state index in [1.165, 1.54) is 38.3 Å². The molecule has 0 saturated heterocycles.